The summed E-state index contributed by atoms with van der Waals surface area (Å²) in [5.41, 5.74) is 2.24. The van der Waals surface area contributed by atoms with Crippen LogP contribution in [-0.2, 0) is 0 Å². The van der Waals surface area contributed by atoms with E-state index in [9.17, 15) is 0 Å². The highest BCUT2D eigenvalue weighted by atomic mass is 15.0. The van der Waals surface area contributed by atoms with E-state index in [4.69, 9.17) is 0 Å². The molecule has 0 saturated heterocycles. The van der Waals surface area contributed by atoms with Crippen LogP contribution in [0.3, 0.4) is 0 Å². The lowest BCUT2D eigenvalue weighted by atomic mass is 10.2. The van der Waals surface area contributed by atoms with Crippen molar-refractivity contribution in [1.29, 1.82) is 0 Å². The molecule has 1 aliphatic heterocycles. The molecule has 0 spiro atoms. The van der Waals surface area contributed by atoms with Crippen molar-refractivity contribution in [3.8, 4) is 0 Å². The fourth-order valence-electron chi connectivity index (χ4n) is 1.09. The van der Waals surface area contributed by atoms with Crippen LogP contribution in [0.2, 0.25) is 0 Å². The van der Waals surface area contributed by atoms with E-state index in [0.717, 1.165) is 17.9 Å². The van der Waals surface area contributed by atoms with Crippen LogP contribution < -0.4 is 10.6 Å². The molecule has 1 heterocycles. The van der Waals surface area contributed by atoms with Gasteiger partial charge in [0.1, 0.15) is 0 Å². The van der Waals surface area contributed by atoms with E-state index in [-0.39, 0.29) is 0 Å². The van der Waals surface area contributed by atoms with Gasteiger partial charge in [-0.25, -0.2) is 0 Å². The standard InChI is InChI=1S/C9H9N2/c1-2-5-9-8(4-1)10-6-3-7-11-9/h1-2,4-6,10-11H,7H2. The Balaban J connectivity index is 2.40. The molecule has 1 radical (unpaired) electrons. The zero-order valence-corrected chi connectivity index (χ0v) is 6.09. The van der Waals surface area contributed by atoms with Gasteiger partial charge >= 0.3 is 0 Å². The van der Waals surface area contributed by atoms with Gasteiger partial charge in [-0.15, -0.1) is 0 Å². The molecule has 1 aliphatic rings. The van der Waals surface area contributed by atoms with Crippen molar-refractivity contribution >= 4 is 11.4 Å². The summed E-state index contributed by atoms with van der Waals surface area (Å²) in [5, 5.41) is 6.35. The number of rotatable bonds is 0. The second kappa shape index (κ2) is 2.66. The van der Waals surface area contributed by atoms with Gasteiger partial charge in [0.2, 0.25) is 0 Å². The van der Waals surface area contributed by atoms with Gasteiger partial charge in [-0.1, -0.05) is 12.1 Å². The third-order valence-electron chi connectivity index (χ3n) is 1.64. The van der Waals surface area contributed by atoms with E-state index >= 15 is 0 Å². The summed E-state index contributed by atoms with van der Waals surface area (Å²) in [6.45, 7) is 0.768. The number of hydrogen-bond donors (Lipinski definition) is 2. The summed E-state index contributed by atoms with van der Waals surface area (Å²) in [4.78, 5) is 0. The lowest BCUT2D eigenvalue weighted by Crippen LogP contribution is -1.96. The van der Waals surface area contributed by atoms with Crippen LogP contribution in [0.25, 0.3) is 0 Å². The van der Waals surface area contributed by atoms with Crippen LogP contribution >= 0.6 is 0 Å². The average molecular weight is 145 g/mol. The average Bonchev–Trinajstić information content (AvgIpc) is 2.28. The Bertz CT molecular complexity index is 279. The quantitative estimate of drug-likeness (QED) is 0.582. The van der Waals surface area contributed by atoms with Gasteiger partial charge in [-0.05, 0) is 18.2 Å². The molecule has 2 heteroatoms. The minimum atomic E-state index is 0.768. The Morgan fingerprint density at radius 1 is 1.18 bits per heavy atom. The summed E-state index contributed by atoms with van der Waals surface area (Å²) in [7, 11) is 0. The fraction of sp³-hybridized carbons (Fsp3) is 0.111. The highest BCUT2D eigenvalue weighted by Gasteiger charge is 1.99. The number of nitrogens with one attached hydrogen (secondary N) is 2. The lowest BCUT2D eigenvalue weighted by molar-refractivity contribution is 1.32. The van der Waals surface area contributed by atoms with Gasteiger partial charge in [0.15, 0.2) is 0 Å². The van der Waals surface area contributed by atoms with Crippen LogP contribution in [-0.4, -0.2) is 6.54 Å². The lowest BCUT2D eigenvalue weighted by Gasteiger charge is -2.05. The predicted octanol–water partition coefficient (Wildman–Crippen LogP) is 1.84. The van der Waals surface area contributed by atoms with Crippen LogP contribution in [0, 0.1) is 6.08 Å². The molecule has 0 fully saturated rings. The maximum Gasteiger partial charge on any atom is 0.0615 e. The number of hydrogen-bond acceptors (Lipinski definition) is 2. The third kappa shape index (κ3) is 1.19. The van der Waals surface area contributed by atoms with Crippen molar-refractivity contribution in [2.45, 2.75) is 0 Å². The van der Waals surface area contributed by atoms with E-state index in [0.29, 0.717) is 0 Å². The normalized spacial score (nSPS) is 14.2. The molecule has 0 bridgehead atoms. The Kier molecular flexibility index (Phi) is 1.52. The van der Waals surface area contributed by atoms with Crippen LogP contribution in [0.4, 0.5) is 11.4 Å². The summed E-state index contributed by atoms with van der Waals surface area (Å²) < 4.78 is 0. The molecule has 0 amide bonds. The smallest absolute Gasteiger partial charge is 0.0615 e. The minimum Gasteiger partial charge on any atom is -0.379 e. The molecule has 1 aromatic rings. The first-order valence-corrected chi connectivity index (χ1v) is 3.61. The number of para-hydroxylation sites is 2. The molecule has 2 N–H and O–H groups in total. The van der Waals surface area contributed by atoms with E-state index in [2.05, 4.69) is 16.7 Å². The Morgan fingerprint density at radius 3 is 2.91 bits per heavy atom. The zero-order valence-electron chi connectivity index (χ0n) is 6.09. The maximum atomic E-state index is 3.22. The zero-order chi connectivity index (χ0) is 7.52. The summed E-state index contributed by atoms with van der Waals surface area (Å²) in [6.07, 6.45) is 4.88. The second-order valence-electron chi connectivity index (χ2n) is 2.39. The Labute approximate surface area is 65.9 Å². The van der Waals surface area contributed by atoms with E-state index in [1.165, 1.54) is 0 Å². The van der Waals surface area contributed by atoms with Crippen LogP contribution in [0.1, 0.15) is 0 Å². The topological polar surface area (TPSA) is 24.1 Å². The minimum absolute atomic E-state index is 0.768. The van der Waals surface area contributed by atoms with Crippen molar-refractivity contribution < 1.29 is 0 Å². The first kappa shape index (κ1) is 6.28. The molecule has 2 nitrogen and oxygen atoms in total. The van der Waals surface area contributed by atoms with Crippen molar-refractivity contribution in [2.75, 3.05) is 17.2 Å². The predicted molar refractivity (Wildman–Crippen MR) is 46.4 cm³/mol. The maximum absolute atomic E-state index is 3.22. The molecular formula is C9H9N2. The van der Waals surface area contributed by atoms with Gasteiger partial charge in [-0.2, -0.15) is 0 Å². The molecular weight excluding hydrogens is 136 g/mol. The molecule has 0 atom stereocenters. The van der Waals surface area contributed by atoms with Gasteiger partial charge in [0.25, 0.3) is 0 Å². The molecule has 0 unspecified atom stereocenters. The summed E-state index contributed by atoms with van der Waals surface area (Å²) >= 11 is 0. The molecule has 0 saturated carbocycles. The number of benzene rings is 1. The molecule has 55 valence electrons. The van der Waals surface area contributed by atoms with E-state index < -0.39 is 0 Å². The molecule has 0 aliphatic carbocycles. The van der Waals surface area contributed by atoms with Crippen molar-refractivity contribution in [3.63, 3.8) is 0 Å². The molecule has 2 rings (SSSR count). The van der Waals surface area contributed by atoms with Crippen molar-refractivity contribution in [3.05, 3.63) is 36.5 Å². The Hall–Kier alpha value is -1.44. The fourth-order valence-corrected chi connectivity index (χ4v) is 1.09. The molecule has 0 aromatic heterocycles. The van der Waals surface area contributed by atoms with Crippen LogP contribution in [0.15, 0.2) is 30.5 Å². The Morgan fingerprint density at radius 2 is 2.00 bits per heavy atom. The summed E-state index contributed by atoms with van der Waals surface area (Å²) in [6, 6.07) is 8.10. The SMILES string of the molecule is [C]1=CNc2ccccc2NC1. The highest BCUT2D eigenvalue weighted by molar-refractivity contribution is 5.70. The van der Waals surface area contributed by atoms with Gasteiger partial charge in [0, 0.05) is 12.7 Å². The van der Waals surface area contributed by atoms with E-state index in [1.54, 1.807) is 0 Å². The van der Waals surface area contributed by atoms with Gasteiger partial charge in [-0.3, -0.25) is 0 Å². The summed E-state index contributed by atoms with van der Waals surface area (Å²) in [5.74, 6) is 0. The number of fused-ring (bicyclic) bond motifs is 1. The van der Waals surface area contributed by atoms with Crippen molar-refractivity contribution in [1.82, 2.24) is 0 Å². The largest absolute Gasteiger partial charge is 0.379 e. The number of anilines is 2. The van der Waals surface area contributed by atoms with Gasteiger partial charge in [0.05, 0.1) is 11.4 Å². The molecule has 1 aromatic carbocycles. The first-order valence-electron chi connectivity index (χ1n) is 3.61. The third-order valence-corrected chi connectivity index (χ3v) is 1.64. The van der Waals surface area contributed by atoms with Crippen LogP contribution in [0.5, 0.6) is 0 Å². The molecule has 11 heavy (non-hydrogen) atoms. The highest BCUT2D eigenvalue weighted by Crippen LogP contribution is 2.21. The van der Waals surface area contributed by atoms with Gasteiger partial charge < -0.3 is 10.6 Å². The monoisotopic (exact) mass is 145 g/mol. The van der Waals surface area contributed by atoms with Crippen molar-refractivity contribution in [2.24, 2.45) is 0 Å². The first-order chi connectivity index (χ1) is 5.47. The van der Waals surface area contributed by atoms with E-state index in [1.807, 2.05) is 30.5 Å². The second-order valence-corrected chi connectivity index (χ2v) is 2.39.